The summed E-state index contributed by atoms with van der Waals surface area (Å²) >= 11 is 5.68. The highest BCUT2D eigenvalue weighted by molar-refractivity contribution is 7.94. The van der Waals surface area contributed by atoms with Crippen molar-refractivity contribution in [3.63, 3.8) is 0 Å². The van der Waals surface area contributed by atoms with Gasteiger partial charge in [0, 0.05) is 5.41 Å². The zero-order valence-corrected chi connectivity index (χ0v) is 11.2. The Balaban J connectivity index is 2.35. The van der Waals surface area contributed by atoms with Crippen LogP contribution in [0.25, 0.3) is 6.08 Å². The summed E-state index contributed by atoms with van der Waals surface area (Å²) in [5, 5.41) is 1.16. The van der Waals surface area contributed by atoms with E-state index in [1.165, 1.54) is 24.3 Å². The highest BCUT2D eigenvalue weighted by Crippen LogP contribution is 2.17. The maximum atomic E-state index is 13.4. The molecule has 0 spiro atoms. The van der Waals surface area contributed by atoms with Crippen LogP contribution < -0.4 is 0 Å². The molecule has 0 aliphatic heterocycles. The van der Waals surface area contributed by atoms with Gasteiger partial charge in [0.1, 0.15) is 15.9 Å². The normalized spacial score (nSPS) is 11.9. The zero-order chi connectivity index (χ0) is 13.9. The van der Waals surface area contributed by atoms with Crippen molar-refractivity contribution in [3.8, 4) is 0 Å². The Hall–Kier alpha value is -1.72. The van der Waals surface area contributed by atoms with Gasteiger partial charge in [0.05, 0.1) is 5.69 Å². The first kappa shape index (κ1) is 13.7. The van der Waals surface area contributed by atoms with Gasteiger partial charge in [-0.3, -0.25) is 0 Å². The van der Waals surface area contributed by atoms with E-state index in [1.807, 2.05) is 0 Å². The predicted octanol–water partition coefficient (Wildman–Crippen LogP) is 3.32. The number of hydrogen-bond acceptors (Lipinski definition) is 3. The monoisotopic (exact) mass is 297 g/mol. The number of sulfone groups is 1. The fraction of sp³-hybridized carbons (Fsp3) is 0. The van der Waals surface area contributed by atoms with Crippen molar-refractivity contribution in [3.05, 3.63) is 64.5 Å². The zero-order valence-electron chi connectivity index (χ0n) is 9.62. The van der Waals surface area contributed by atoms with Crippen LogP contribution in [-0.2, 0) is 9.84 Å². The first-order valence-electron chi connectivity index (χ1n) is 5.29. The van der Waals surface area contributed by atoms with Crippen LogP contribution in [0.1, 0.15) is 5.69 Å². The van der Waals surface area contributed by atoms with E-state index in [9.17, 15) is 12.8 Å². The van der Waals surface area contributed by atoms with Crippen LogP contribution in [0.4, 0.5) is 4.39 Å². The van der Waals surface area contributed by atoms with Gasteiger partial charge in [0.2, 0.25) is 9.84 Å². The lowest BCUT2D eigenvalue weighted by Crippen LogP contribution is -1.99. The van der Waals surface area contributed by atoms with Gasteiger partial charge < -0.3 is 0 Å². The van der Waals surface area contributed by atoms with Crippen molar-refractivity contribution < 1.29 is 12.8 Å². The molecule has 0 amide bonds. The Morgan fingerprint density at radius 3 is 2.53 bits per heavy atom. The van der Waals surface area contributed by atoms with Gasteiger partial charge in [-0.2, -0.15) is 0 Å². The third-order valence-corrected chi connectivity index (χ3v) is 3.95. The molecule has 0 unspecified atom stereocenters. The lowest BCUT2D eigenvalue weighted by Gasteiger charge is -2.00. The minimum Gasteiger partial charge on any atom is -0.237 e. The first-order valence-corrected chi connectivity index (χ1v) is 7.22. The van der Waals surface area contributed by atoms with Gasteiger partial charge in [-0.15, -0.1) is 0 Å². The second-order valence-electron chi connectivity index (χ2n) is 3.66. The number of nitrogens with zero attached hydrogens (tertiary/aromatic N) is 1. The van der Waals surface area contributed by atoms with Gasteiger partial charge in [-0.25, -0.2) is 17.8 Å². The molecule has 19 heavy (non-hydrogen) atoms. The van der Waals surface area contributed by atoms with Crippen LogP contribution >= 0.6 is 11.6 Å². The Kier molecular flexibility index (Phi) is 3.97. The Morgan fingerprint density at radius 2 is 1.84 bits per heavy atom. The second-order valence-corrected chi connectivity index (χ2v) is 5.85. The van der Waals surface area contributed by atoms with Gasteiger partial charge in [-0.05, 0) is 30.3 Å². The molecule has 98 valence electrons. The largest absolute Gasteiger partial charge is 0.237 e. The molecule has 0 bridgehead atoms. The standard InChI is InChI=1S/C13H9ClFNO2S/c14-13-7-3-4-10(16-13)8-9-19(17,18)12-6-2-1-5-11(12)15/h1-9H/b9-8+. The molecule has 0 aliphatic rings. The quantitative estimate of drug-likeness (QED) is 0.817. The molecule has 0 saturated carbocycles. The molecule has 0 radical (unpaired) electrons. The molecule has 0 atom stereocenters. The smallest absolute Gasteiger partial charge is 0.202 e. The molecule has 0 fully saturated rings. The van der Waals surface area contributed by atoms with Crippen LogP contribution in [0, 0.1) is 5.82 Å². The minimum atomic E-state index is -3.84. The molecule has 1 aromatic heterocycles. The van der Waals surface area contributed by atoms with Gasteiger partial charge in [0.25, 0.3) is 0 Å². The van der Waals surface area contributed by atoms with E-state index in [2.05, 4.69) is 4.98 Å². The highest BCUT2D eigenvalue weighted by Gasteiger charge is 2.14. The van der Waals surface area contributed by atoms with E-state index in [4.69, 9.17) is 11.6 Å². The fourth-order valence-electron chi connectivity index (χ4n) is 1.42. The maximum Gasteiger partial charge on any atom is 0.202 e. The Bertz CT molecular complexity index is 729. The van der Waals surface area contributed by atoms with Crippen LogP contribution in [0.5, 0.6) is 0 Å². The van der Waals surface area contributed by atoms with E-state index in [1.54, 1.807) is 18.2 Å². The number of aromatic nitrogens is 1. The number of hydrogen-bond donors (Lipinski definition) is 0. The molecule has 3 nitrogen and oxygen atoms in total. The van der Waals surface area contributed by atoms with E-state index in [0.29, 0.717) is 5.69 Å². The molecular formula is C13H9ClFNO2S. The SMILES string of the molecule is O=S(=O)(/C=C/c1cccc(Cl)n1)c1ccccc1F. The Labute approximate surface area is 115 Å². The number of pyridine rings is 1. The summed E-state index contributed by atoms with van der Waals surface area (Å²) in [5.41, 5.74) is 0.382. The molecule has 2 rings (SSSR count). The maximum absolute atomic E-state index is 13.4. The minimum absolute atomic E-state index is 0.255. The van der Waals surface area contributed by atoms with Crippen molar-refractivity contribution in [2.24, 2.45) is 0 Å². The summed E-state index contributed by atoms with van der Waals surface area (Å²) in [6.07, 6.45) is 1.27. The third-order valence-electron chi connectivity index (χ3n) is 2.30. The molecule has 2 aromatic rings. The van der Waals surface area contributed by atoms with E-state index >= 15 is 0 Å². The molecule has 6 heteroatoms. The number of halogens is 2. The van der Waals surface area contributed by atoms with Crippen LogP contribution in [-0.4, -0.2) is 13.4 Å². The molecule has 0 saturated heterocycles. The van der Waals surface area contributed by atoms with Crippen molar-refractivity contribution >= 4 is 27.5 Å². The highest BCUT2D eigenvalue weighted by atomic mass is 35.5. The van der Waals surface area contributed by atoms with E-state index < -0.39 is 15.7 Å². The van der Waals surface area contributed by atoms with Gasteiger partial charge in [0.15, 0.2) is 0 Å². The molecule has 1 heterocycles. The van der Waals surface area contributed by atoms with Crippen molar-refractivity contribution in [1.29, 1.82) is 0 Å². The molecular weight excluding hydrogens is 289 g/mol. The van der Waals surface area contributed by atoms with Crippen molar-refractivity contribution in [2.75, 3.05) is 0 Å². The van der Waals surface area contributed by atoms with Gasteiger partial charge in [-0.1, -0.05) is 29.8 Å². The average molecular weight is 298 g/mol. The number of benzene rings is 1. The summed E-state index contributed by atoms with van der Waals surface area (Å²) < 4.78 is 37.3. The van der Waals surface area contributed by atoms with Crippen molar-refractivity contribution in [2.45, 2.75) is 4.90 Å². The van der Waals surface area contributed by atoms with Gasteiger partial charge >= 0.3 is 0 Å². The van der Waals surface area contributed by atoms with E-state index in [-0.39, 0.29) is 10.0 Å². The van der Waals surface area contributed by atoms with Crippen LogP contribution in [0.15, 0.2) is 52.8 Å². The fourth-order valence-corrected chi connectivity index (χ4v) is 2.67. The Morgan fingerprint density at radius 1 is 1.11 bits per heavy atom. The lowest BCUT2D eigenvalue weighted by molar-refractivity contribution is 0.572. The topological polar surface area (TPSA) is 47.0 Å². The van der Waals surface area contributed by atoms with E-state index in [0.717, 1.165) is 11.5 Å². The molecule has 0 aliphatic carbocycles. The summed E-state index contributed by atoms with van der Waals surface area (Å²) in [4.78, 5) is 3.55. The summed E-state index contributed by atoms with van der Waals surface area (Å²) in [5.74, 6) is -0.786. The average Bonchev–Trinajstić information content (AvgIpc) is 2.37. The van der Waals surface area contributed by atoms with Crippen molar-refractivity contribution in [1.82, 2.24) is 4.98 Å². The summed E-state index contributed by atoms with van der Waals surface area (Å²) in [7, 11) is -3.84. The number of rotatable bonds is 3. The predicted molar refractivity (Wildman–Crippen MR) is 71.9 cm³/mol. The molecule has 1 aromatic carbocycles. The summed E-state index contributed by atoms with van der Waals surface area (Å²) in [6, 6.07) is 10.0. The molecule has 0 N–H and O–H groups in total. The van der Waals surface area contributed by atoms with Crippen LogP contribution in [0.3, 0.4) is 0 Å². The second kappa shape index (κ2) is 5.50. The summed E-state index contributed by atoms with van der Waals surface area (Å²) in [6.45, 7) is 0. The first-order chi connectivity index (χ1) is 8.99. The van der Waals surface area contributed by atoms with Crippen LogP contribution in [0.2, 0.25) is 5.15 Å². The lowest BCUT2D eigenvalue weighted by atomic mass is 10.3. The third kappa shape index (κ3) is 3.39.